The van der Waals surface area contributed by atoms with Gasteiger partial charge in [0.1, 0.15) is 0 Å². The quantitative estimate of drug-likeness (QED) is 0.723. The third-order valence-corrected chi connectivity index (χ3v) is 2.92. The average Bonchev–Trinajstić information content (AvgIpc) is 3.09. The van der Waals surface area contributed by atoms with Crippen molar-refractivity contribution in [3.8, 4) is 0 Å². The first kappa shape index (κ1) is 11.0. The topological polar surface area (TPSA) is 49.3 Å². The number of carboxylic acids is 1. The molecule has 3 nitrogen and oxygen atoms in total. The molecule has 1 saturated carbocycles. The van der Waals surface area contributed by atoms with E-state index in [2.05, 4.69) is 5.32 Å². The van der Waals surface area contributed by atoms with Gasteiger partial charge in [0, 0.05) is 12.2 Å². The van der Waals surface area contributed by atoms with Crippen molar-refractivity contribution in [3.63, 3.8) is 0 Å². The molecule has 2 N–H and O–H groups in total. The Morgan fingerprint density at radius 3 is 2.94 bits per heavy atom. The molecule has 1 aliphatic rings. The minimum atomic E-state index is -0.873. The summed E-state index contributed by atoms with van der Waals surface area (Å²) in [7, 11) is 0. The van der Waals surface area contributed by atoms with Crippen LogP contribution in [0.15, 0.2) is 24.3 Å². The number of hydrogen-bond donors (Lipinski definition) is 2. The van der Waals surface area contributed by atoms with Gasteiger partial charge in [0.15, 0.2) is 0 Å². The first-order valence-corrected chi connectivity index (χ1v) is 5.83. The van der Waals surface area contributed by atoms with E-state index in [1.165, 1.54) is 25.7 Å². The van der Waals surface area contributed by atoms with Gasteiger partial charge in [0.25, 0.3) is 0 Å². The summed E-state index contributed by atoms with van der Waals surface area (Å²) in [4.78, 5) is 10.8. The van der Waals surface area contributed by atoms with Crippen LogP contribution in [0.5, 0.6) is 0 Å². The lowest BCUT2D eigenvalue weighted by molar-refractivity contribution is 0.0697. The third kappa shape index (κ3) is 3.26. The normalized spacial score (nSPS) is 14.8. The zero-order chi connectivity index (χ0) is 11.4. The second kappa shape index (κ2) is 5.01. The molecule has 0 unspecified atom stereocenters. The van der Waals surface area contributed by atoms with E-state index in [1.54, 1.807) is 18.2 Å². The molecule has 3 heteroatoms. The van der Waals surface area contributed by atoms with Crippen LogP contribution in [-0.4, -0.2) is 17.6 Å². The van der Waals surface area contributed by atoms with Crippen molar-refractivity contribution in [2.75, 3.05) is 11.9 Å². The fourth-order valence-electron chi connectivity index (χ4n) is 1.79. The number of hydrogen-bond acceptors (Lipinski definition) is 2. The highest BCUT2D eigenvalue weighted by Gasteiger charge is 2.19. The summed E-state index contributed by atoms with van der Waals surface area (Å²) in [5.74, 6) is 0.0915. The fraction of sp³-hybridized carbons (Fsp3) is 0.462. The number of carbonyl (C=O) groups is 1. The number of nitrogens with one attached hydrogen (secondary N) is 1. The van der Waals surface area contributed by atoms with Crippen LogP contribution in [0.25, 0.3) is 0 Å². The third-order valence-electron chi connectivity index (χ3n) is 2.92. The van der Waals surface area contributed by atoms with E-state index in [1.807, 2.05) is 6.07 Å². The van der Waals surface area contributed by atoms with Crippen molar-refractivity contribution < 1.29 is 9.90 Å². The van der Waals surface area contributed by atoms with Gasteiger partial charge in [-0.25, -0.2) is 4.79 Å². The first-order valence-electron chi connectivity index (χ1n) is 5.83. The molecule has 0 aromatic heterocycles. The molecule has 0 bridgehead atoms. The molecule has 86 valence electrons. The molecule has 0 aliphatic heterocycles. The Balaban J connectivity index is 1.78. The predicted molar refractivity (Wildman–Crippen MR) is 63.8 cm³/mol. The van der Waals surface area contributed by atoms with Gasteiger partial charge in [-0.05, 0) is 37.0 Å². The largest absolute Gasteiger partial charge is 0.478 e. The lowest BCUT2D eigenvalue weighted by atomic mass is 10.2. The monoisotopic (exact) mass is 219 g/mol. The van der Waals surface area contributed by atoms with Crippen molar-refractivity contribution in [2.45, 2.75) is 25.7 Å². The maximum absolute atomic E-state index is 10.8. The van der Waals surface area contributed by atoms with Gasteiger partial charge in [0.05, 0.1) is 5.56 Å². The molecule has 1 aromatic rings. The van der Waals surface area contributed by atoms with E-state index in [9.17, 15) is 4.79 Å². The summed E-state index contributed by atoms with van der Waals surface area (Å²) < 4.78 is 0. The summed E-state index contributed by atoms with van der Waals surface area (Å²) >= 11 is 0. The highest BCUT2D eigenvalue weighted by molar-refractivity contribution is 5.88. The first-order chi connectivity index (χ1) is 7.75. The zero-order valence-corrected chi connectivity index (χ0v) is 9.28. The number of aromatic carboxylic acids is 1. The van der Waals surface area contributed by atoms with Gasteiger partial charge in [-0.15, -0.1) is 0 Å². The molecule has 0 saturated heterocycles. The van der Waals surface area contributed by atoms with Crippen LogP contribution in [0.3, 0.4) is 0 Å². The SMILES string of the molecule is O=C(O)c1cccc(NCCCC2CC2)c1. The summed E-state index contributed by atoms with van der Waals surface area (Å²) in [6.07, 6.45) is 5.26. The van der Waals surface area contributed by atoms with E-state index >= 15 is 0 Å². The number of anilines is 1. The van der Waals surface area contributed by atoms with Crippen molar-refractivity contribution in [1.29, 1.82) is 0 Å². The minimum Gasteiger partial charge on any atom is -0.478 e. The van der Waals surface area contributed by atoms with Crippen LogP contribution < -0.4 is 5.32 Å². The van der Waals surface area contributed by atoms with E-state index in [4.69, 9.17) is 5.11 Å². The molecule has 1 fully saturated rings. The lowest BCUT2D eigenvalue weighted by Gasteiger charge is -2.06. The molecule has 16 heavy (non-hydrogen) atoms. The molecule has 0 spiro atoms. The summed E-state index contributed by atoms with van der Waals surface area (Å²) in [5, 5.41) is 12.1. The van der Waals surface area contributed by atoms with E-state index < -0.39 is 5.97 Å². The van der Waals surface area contributed by atoms with Gasteiger partial charge < -0.3 is 10.4 Å². The Hall–Kier alpha value is -1.51. The highest BCUT2D eigenvalue weighted by atomic mass is 16.4. The van der Waals surface area contributed by atoms with Gasteiger partial charge in [-0.1, -0.05) is 18.9 Å². The average molecular weight is 219 g/mol. The Morgan fingerprint density at radius 1 is 1.44 bits per heavy atom. The van der Waals surface area contributed by atoms with Crippen LogP contribution in [0.1, 0.15) is 36.0 Å². The molecular weight excluding hydrogens is 202 g/mol. The number of carboxylic acid groups (broad SMARTS) is 1. The molecule has 1 aromatic carbocycles. The molecule has 2 rings (SSSR count). The molecule has 0 radical (unpaired) electrons. The van der Waals surface area contributed by atoms with Gasteiger partial charge in [-0.2, -0.15) is 0 Å². The molecule has 0 heterocycles. The van der Waals surface area contributed by atoms with Gasteiger partial charge >= 0.3 is 5.97 Å². The molecule has 0 amide bonds. The summed E-state index contributed by atoms with van der Waals surface area (Å²) in [6.45, 7) is 0.930. The van der Waals surface area contributed by atoms with Crippen molar-refractivity contribution >= 4 is 11.7 Å². The van der Waals surface area contributed by atoms with Crippen LogP contribution in [0.4, 0.5) is 5.69 Å². The van der Waals surface area contributed by atoms with Crippen molar-refractivity contribution in [2.24, 2.45) is 5.92 Å². The van der Waals surface area contributed by atoms with Gasteiger partial charge in [-0.3, -0.25) is 0 Å². The Bertz CT molecular complexity index is 372. The Morgan fingerprint density at radius 2 is 2.25 bits per heavy atom. The highest BCUT2D eigenvalue weighted by Crippen LogP contribution is 2.33. The standard InChI is InChI=1S/C13H17NO2/c15-13(16)11-4-1-5-12(9-11)14-8-2-3-10-6-7-10/h1,4-5,9-10,14H,2-3,6-8H2,(H,15,16). The van der Waals surface area contributed by atoms with Gasteiger partial charge in [0.2, 0.25) is 0 Å². The number of rotatable bonds is 6. The smallest absolute Gasteiger partial charge is 0.335 e. The Kier molecular flexibility index (Phi) is 3.44. The summed E-state index contributed by atoms with van der Waals surface area (Å²) in [5.41, 5.74) is 1.24. The zero-order valence-electron chi connectivity index (χ0n) is 9.28. The second-order valence-corrected chi connectivity index (χ2v) is 4.40. The van der Waals surface area contributed by atoms with Crippen LogP contribution in [-0.2, 0) is 0 Å². The van der Waals surface area contributed by atoms with Crippen molar-refractivity contribution in [3.05, 3.63) is 29.8 Å². The lowest BCUT2D eigenvalue weighted by Crippen LogP contribution is -2.03. The van der Waals surface area contributed by atoms with E-state index in [0.717, 1.165) is 18.2 Å². The summed E-state index contributed by atoms with van der Waals surface area (Å²) in [6, 6.07) is 6.97. The number of benzene rings is 1. The van der Waals surface area contributed by atoms with Crippen LogP contribution in [0, 0.1) is 5.92 Å². The maximum atomic E-state index is 10.8. The van der Waals surface area contributed by atoms with E-state index in [-0.39, 0.29) is 0 Å². The fourth-order valence-corrected chi connectivity index (χ4v) is 1.79. The van der Waals surface area contributed by atoms with Crippen LogP contribution in [0.2, 0.25) is 0 Å². The predicted octanol–water partition coefficient (Wildman–Crippen LogP) is 2.99. The molecule has 0 atom stereocenters. The Labute approximate surface area is 95.5 Å². The second-order valence-electron chi connectivity index (χ2n) is 4.40. The molecule has 1 aliphatic carbocycles. The van der Waals surface area contributed by atoms with E-state index in [0.29, 0.717) is 5.56 Å². The minimum absolute atomic E-state index is 0.340. The van der Waals surface area contributed by atoms with Crippen LogP contribution >= 0.6 is 0 Å². The maximum Gasteiger partial charge on any atom is 0.335 e. The molecular formula is C13H17NO2. The van der Waals surface area contributed by atoms with Crippen molar-refractivity contribution in [1.82, 2.24) is 0 Å².